The van der Waals surface area contributed by atoms with E-state index in [2.05, 4.69) is 33.8 Å². The topological polar surface area (TPSA) is 91.2 Å². The first-order valence-corrected chi connectivity index (χ1v) is 13.1. The zero-order valence-electron chi connectivity index (χ0n) is 21.8. The average Bonchev–Trinajstić information content (AvgIpc) is 3.27. The highest BCUT2D eigenvalue weighted by molar-refractivity contribution is 5.97. The van der Waals surface area contributed by atoms with E-state index < -0.39 is 0 Å². The molecule has 7 heteroatoms. The molecule has 1 saturated heterocycles. The van der Waals surface area contributed by atoms with Crippen LogP contribution in [0.4, 0.5) is 0 Å². The summed E-state index contributed by atoms with van der Waals surface area (Å²) in [6.07, 6.45) is 5.97. The minimum atomic E-state index is 0.0788. The molecular weight excluding hydrogens is 472 g/mol. The molecule has 0 radical (unpaired) electrons. The van der Waals surface area contributed by atoms with Crippen LogP contribution in [0.15, 0.2) is 78.9 Å². The number of rotatable bonds is 8. The van der Waals surface area contributed by atoms with E-state index in [1.807, 2.05) is 72.6 Å². The van der Waals surface area contributed by atoms with Crippen LogP contribution in [0.1, 0.15) is 32.9 Å². The molecule has 1 aliphatic heterocycles. The number of carbonyl (C=O) groups excluding carboxylic acids is 1. The lowest BCUT2D eigenvalue weighted by Gasteiger charge is -2.34. The lowest BCUT2D eigenvalue weighted by molar-refractivity contribution is 0.0650. The number of carbonyl (C=O) groups is 1. The van der Waals surface area contributed by atoms with Crippen molar-refractivity contribution in [2.75, 3.05) is 32.7 Å². The maximum Gasteiger partial charge on any atom is 0.254 e. The summed E-state index contributed by atoms with van der Waals surface area (Å²) < 4.78 is 2.09. The van der Waals surface area contributed by atoms with Gasteiger partial charge in [0.25, 0.3) is 5.91 Å². The normalized spacial score (nSPS) is 14.4. The molecule has 194 valence electrons. The minimum absolute atomic E-state index is 0.0788. The van der Waals surface area contributed by atoms with E-state index in [0.717, 1.165) is 68.0 Å². The number of nitrogens with one attached hydrogen (secondary N) is 1. The molecule has 0 aliphatic carbocycles. The number of hydrogen-bond donors (Lipinski definition) is 2. The largest absolute Gasteiger partial charge is 0.384 e. The van der Waals surface area contributed by atoms with Crippen LogP contribution in [0.25, 0.3) is 17.1 Å². The number of nitrogens with zero attached hydrogens (tertiary/aromatic N) is 4. The lowest BCUT2D eigenvalue weighted by atomic mass is 10.1. The summed E-state index contributed by atoms with van der Waals surface area (Å²) >= 11 is 0. The van der Waals surface area contributed by atoms with E-state index in [1.165, 1.54) is 11.1 Å². The summed E-state index contributed by atoms with van der Waals surface area (Å²) in [5.41, 5.74) is 11.3. The molecule has 5 rings (SSSR count). The minimum Gasteiger partial charge on any atom is -0.384 e. The van der Waals surface area contributed by atoms with Crippen LogP contribution >= 0.6 is 0 Å². The van der Waals surface area contributed by atoms with Crippen molar-refractivity contribution in [2.24, 2.45) is 12.8 Å². The van der Waals surface area contributed by atoms with Gasteiger partial charge in [0, 0.05) is 57.3 Å². The van der Waals surface area contributed by atoms with Gasteiger partial charge in [-0.15, -0.1) is 0 Å². The first-order chi connectivity index (χ1) is 18.5. The highest BCUT2D eigenvalue weighted by atomic mass is 16.2. The molecule has 1 amide bonds. The first kappa shape index (κ1) is 25.4. The third kappa shape index (κ3) is 5.84. The molecule has 0 saturated carbocycles. The fourth-order valence-corrected chi connectivity index (χ4v) is 4.92. The van der Waals surface area contributed by atoms with Gasteiger partial charge >= 0.3 is 0 Å². The quantitative estimate of drug-likeness (QED) is 0.278. The number of imidazole rings is 1. The number of nitrogen functional groups attached to an aromatic ring is 1. The molecule has 0 spiro atoms. The van der Waals surface area contributed by atoms with Gasteiger partial charge in [0.1, 0.15) is 11.7 Å². The second kappa shape index (κ2) is 11.4. The maximum atomic E-state index is 13.3. The number of amidine groups is 1. The van der Waals surface area contributed by atoms with Crippen molar-refractivity contribution in [3.8, 4) is 0 Å². The Balaban J connectivity index is 1.18. The lowest BCUT2D eigenvalue weighted by Crippen LogP contribution is -2.48. The molecule has 4 aromatic rings. The maximum absolute atomic E-state index is 13.3. The third-order valence-corrected chi connectivity index (χ3v) is 7.26. The second-order valence-corrected chi connectivity index (χ2v) is 9.81. The van der Waals surface area contributed by atoms with Crippen LogP contribution in [0.3, 0.4) is 0 Å². The van der Waals surface area contributed by atoms with Crippen LogP contribution in [0, 0.1) is 5.41 Å². The fourth-order valence-electron chi connectivity index (χ4n) is 4.92. The van der Waals surface area contributed by atoms with Crippen molar-refractivity contribution >= 4 is 28.9 Å². The molecular formula is C31H34N6O. The number of hydrogen-bond acceptors (Lipinski definition) is 4. The molecule has 3 N–H and O–H groups in total. The van der Waals surface area contributed by atoms with Crippen LogP contribution in [-0.4, -0.2) is 63.8 Å². The Morgan fingerprint density at radius 2 is 1.66 bits per heavy atom. The number of amides is 1. The molecule has 1 fully saturated rings. The molecule has 0 bridgehead atoms. The molecule has 0 unspecified atom stereocenters. The zero-order chi connectivity index (χ0) is 26.5. The van der Waals surface area contributed by atoms with E-state index in [0.29, 0.717) is 5.56 Å². The van der Waals surface area contributed by atoms with Gasteiger partial charge in [0.05, 0.1) is 11.0 Å². The Morgan fingerprint density at radius 3 is 2.37 bits per heavy atom. The van der Waals surface area contributed by atoms with Crippen molar-refractivity contribution in [1.82, 2.24) is 19.4 Å². The summed E-state index contributed by atoms with van der Waals surface area (Å²) in [5.74, 6) is 1.15. The Hall–Kier alpha value is -4.23. The van der Waals surface area contributed by atoms with Crippen molar-refractivity contribution in [3.05, 3.63) is 107 Å². The van der Waals surface area contributed by atoms with Crippen LogP contribution in [0.2, 0.25) is 0 Å². The number of aryl methyl sites for hydroxylation is 3. The summed E-state index contributed by atoms with van der Waals surface area (Å²) in [6.45, 7) is 4.10. The van der Waals surface area contributed by atoms with E-state index in [9.17, 15) is 4.79 Å². The number of nitrogens with two attached hydrogens (primary N) is 1. The van der Waals surface area contributed by atoms with Gasteiger partial charge in [-0.2, -0.15) is 0 Å². The Labute approximate surface area is 223 Å². The Morgan fingerprint density at radius 1 is 0.947 bits per heavy atom. The molecule has 3 aromatic carbocycles. The monoisotopic (exact) mass is 506 g/mol. The van der Waals surface area contributed by atoms with E-state index in [1.54, 1.807) is 0 Å². The number of fused-ring (bicyclic) bond motifs is 1. The van der Waals surface area contributed by atoms with Crippen molar-refractivity contribution < 1.29 is 4.79 Å². The molecule has 1 aliphatic rings. The van der Waals surface area contributed by atoms with Gasteiger partial charge < -0.3 is 15.2 Å². The molecule has 7 nitrogen and oxygen atoms in total. The fraction of sp³-hybridized carbons (Fsp3) is 0.258. The first-order valence-electron chi connectivity index (χ1n) is 13.1. The van der Waals surface area contributed by atoms with Gasteiger partial charge in [-0.25, -0.2) is 4.98 Å². The number of benzene rings is 3. The van der Waals surface area contributed by atoms with Gasteiger partial charge in [-0.3, -0.25) is 15.1 Å². The number of piperazine rings is 1. The van der Waals surface area contributed by atoms with Crippen LogP contribution in [-0.2, 0) is 19.9 Å². The summed E-state index contributed by atoms with van der Waals surface area (Å²) in [7, 11) is 2.01. The van der Waals surface area contributed by atoms with Gasteiger partial charge in [-0.05, 0) is 35.7 Å². The van der Waals surface area contributed by atoms with E-state index in [4.69, 9.17) is 16.1 Å². The van der Waals surface area contributed by atoms with E-state index >= 15 is 0 Å². The van der Waals surface area contributed by atoms with Gasteiger partial charge in [0.2, 0.25) is 0 Å². The zero-order valence-corrected chi connectivity index (χ0v) is 21.8. The summed E-state index contributed by atoms with van der Waals surface area (Å²) in [5, 5.41) is 7.54. The second-order valence-electron chi connectivity index (χ2n) is 9.81. The predicted octanol–water partition coefficient (Wildman–Crippen LogP) is 4.11. The Bertz CT molecular complexity index is 1450. The Kier molecular flexibility index (Phi) is 7.65. The predicted molar refractivity (Wildman–Crippen MR) is 153 cm³/mol. The third-order valence-electron chi connectivity index (χ3n) is 7.26. The van der Waals surface area contributed by atoms with E-state index in [-0.39, 0.29) is 11.7 Å². The van der Waals surface area contributed by atoms with Gasteiger partial charge in [0.15, 0.2) is 0 Å². The average molecular weight is 507 g/mol. The van der Waals surface area contributed by atoms with Crippen molar-refractivity contribution in [2.45, 2.75) is 12.8 Å². The van der Waals surface area contributed by atoms with Crippen molar-refractivity contribution in [3.63, 3.8) is 0 Å². The molecule has 1 aromatic heterocycles. The highest BCUT2D eigenvalue weighted by Crippen LogP contribution is 2.20. The standard InChI is InChI=1S/C31H34N6O/c1-35-28-22-26(14-15-27(28)34-29(35)16-11-24-9-12-25(13-10-24)30(32)33)31(38)37-20-18-36(19-21-37)17-5-8-23-6-3-2-4-7-23/h2-10,12-15,22H,11,16-21H2,1H3,(H3,32,33)/b8-5+. The highest BCUT2D eigenvalue weighted by Gasteiger charge is 2.22. The molecule has 0 atom stereocenters. The SMILES string of the molecule is Cn1c(CCc2ccc(C(=N)N)cc2)nc2ccc(C(=O)N3CCN(C/C=C/c4ccccc4)CC3)cc21. The summed E-state index contributed by atoms with van der Waals surface area (Å²) in [6, 6.07) is 23.9. The molecule has 2 heterocycles. The smallest absolute Gasteiger partial charge is 0.254 e. The van der Waals surface area contributed by atoms with Crippen molar-refractivity contribution in [1.29, 1.82) is 5.41 Å². The van der Waals surface area contributed by atoms with Crippen LogP contribution in [0.5, 0.6) is 0 Å². The van der Waals surface area contributed by atoms with Gasteiger partial charge in [-0.1, -0.05) is 66.7 Å². The summed E-state index contributed by atoms with van der Waals surface area (Å²) in [4.78, 5) is 22.5. The molecule has 38 heavy (non-hydrogen) atoms. The number of aromatic nitrogens is 2. The van der Waals surface area contributed by atoms with Crippen LogP contribution < -0.4 is 5.73 Å².